The summed E-state index contributed by atoms with van der Waals surface area (Å²) in [6, 6.07) is 4.87. The average Bonchev–Trinajstić information content (AvgIpc) is 2.07. The summed E-state index contributed by atoms with van der Waals surface area (Å²) in [6.45, 7) is 3.56. The number of para-hydroxylation sites is 1. The van der Waals surface area contributed by atoms with Crippen molar-refractivity contribution in [3.8, 4) is 11.5 Å². The molecule has 0 heterocycles. The molecule has 0 radical (unpaired) electrons. The summed E-state index contributed by atoms with van der Waals surface area (Å²) in [5, 5.41) is 18.6. The molecule has 0 atom stereocenters. The van der Waals surface area contributed by atoms with E-state index in [1.165, 1.54) is 6.07 Å². The average molecular weight is 179 g/mol. The van der Waals surface area contributed by atoms with Gasteiger partial charge in [0.1, 0.15) is 0 Å². The SMILES string of the molecule is C=C(N)CCc1cccc(O)c1O. The molecule has 0 unspecified atom stereocenters. The van der Waals surface area contributed by atoms with Crippen LogP contribution in [0.4, 0.5) is 0 Å². The third-order valence-corrected chi connectivity index (χ3v) is 1.81. The zero-order chi connectivity index (χ0) is 9.84. The molecule has 1 aromatic carbocycles. The standard InChI is InChI=1S/C10H13NO2/c1-7(11)5-6-8-3-2-4-9(12)10(8)13/h2-4,12-13H,1,5-6,11H2. The molecule has 1 rings (SSSR count). The van der Waals surface area contributed by atoms with Gasteiger partial charge in [0.2, 0.25) is 0 Å². The Balaban J connectivity index is 2.77. The smallest absolute Gasteiger partial charge is 0.160 e. The van der Waals surface area contributed by atoms with Gasteiger partial charge < -0.3 is 15.9 Å². The van der Waals surface area contributed by atoms with Crippen LogP contribution in [0.3, 0.4) is 0 Å². The van der Waals surface area contributed by atoms with Crippen molar-refractivity contribution in [1.29, 1.82) is 0 Å². The molecule has 3 heteroatoms. The van der Waals surface area contributed by atoms with E-state index in [1.807, 2.05) is 0 Å². The van der Waals surface area contributed by atoms with Crippen molar-refractivity contribution in [2.45, 2.75) is 12.8 Å². The van der Waals surface area contributed by atoms with Gasteiger partial charge in [-0.15, -0.1) is 0 Å². The van der Waals surface area contributed by atoms with Crippen molar-refractivity contribution in [1.82, 2.24) is 0 Å². The molecular weight excluding hydrogens is 166 g/mol. The summed E-state index contributed by atoms with van der Waals surface area (Å²) < 4.78 is 0. The van der Waals surface area contributed by atoms with Gasteiger partial charge in [-0.2, -0.15) is 0 Å². The summed E-state index contributed by atoms with van der Waals surface area (Å²) in [6.07, 6.45) is 1.20. The first kappa shape index (κ1) is 9.45. The van der Waals surface area contributed by atoms with Gasteiger partial charge in [0, 0.05) is 5.70 Å². The van der Waals surface area contributed by atoms with Crippen molar-refractivity contribution in [2.75, 3.05) is 0 Å². The lowest BCUT2D eigenvalue weighted by Crippen LogP contribution is -1.97. The fourth-order valence-corrected chi connectivity index (χ4v) is 1.07. The van der Waals surface area contributed by atoms with Crippen LogP contribution in [0.5, 0.6) is 11.5 Å². The molecule has 0 aliphatic rings. The second-order valence-corrected chi connectivity index (χ2v) is 2.94. The van der Waals surface area contributed by atoms with Crippen LogP contribution < -0.4 is 5.73 Å². The Morgan fingerprint density at radius 2 is 2.08 bits per heavy atom. The van der Waals surface area contributed by atoms with Gasteiger partial charge >= 0.3 is 0 Å². The van der Waals surface area contributed by atoms with Crippen LogP contribution in [-0.4, -0.2) is 10.2 Å². The van der Waals surface area contributed by atoms with Crippen molar-refractivity contribution >= 4 is 0 Å². The van der Waals surface area contributed by atoms with E-state index in [4.69, 9.17) is 10.8 Å². The van der Waals surface area contributed by atoms with E-state index in [0.717, 1.165) is 0 Å². The molecule has 0 bridgehead atoms. The minimum Gasteiger partial charge on any atom is -0.504 e. The maximum absolute atomic E-state index is 9.39. The molecule has 0 aliphatic heterocycles. The lowest BCUT2D eigenvalue weighted by Gasteiger charge is -2.05. The summed E-state index contributed by atoms with van der Waals surface area (Å²) in [5.74, 6) is -0.163. The molecule has 13 heavy (non-hydrogen) atoms. The number of aromatic hydroxyl groups is 2. The maximum atomic E-state index is 9.39. The first-order valence-electron chi connectivity index (χ1n) is 4.04. The van der Waals surface area contributed by atoms with Gasteiger partial charge in [-0.05, 0) is 24.5 Å². The molecule has 3 nitrogen and oxygen atoms in total. The molecule has 0 fully saturated rings. The number of phenolic OH excluding ortho intramolecular Hbond substituents is 2. The van der Waals surface area contributed by atoms with E-state index in [9.17, 15) is 5.11 Å². The fourth-order valence-electron chi connectivity index (χ4n) is 1.07. The van der Waals surface area contributed by atoms with Gasteiger partial charge in [-0.1, -0.05) is 18.7 Å². The third kappa shape index (κ3) is 2.40. The highest BCUT2D eigenvalue weighted by Gasteiger charge is 2.04. The van der Waals surface area contributed by atoms with Crippen LogP contribution >= 0.6 is 0 Å². The zero-order valence-electron chi connectivity index (χ0n) is 7.33. The van der Waals surface area contributed by atoms with Crippen LogP contribution in [0.2, 0.25) is 0 Å². The van der Waals surface area contributed by atoms with E-state index in [2.05, 4.69) is 6.58 Å². The molecule has 0 aromatic heterocycles. The minimum absolute atomic E-state index is 0.0660. The number of nitrogens with two attached hydrogens (primary N) is 1. The van der Waals surface area contributed by atoms with Gasteiger partial charge in [-0.3, -0.25) is 0 Å². The Kier molecular flexibility index (Phi) is 2.80. The van der Waals surface area contributed by atoms with Gasteiger partial charge in [0.05, 0.1) is 0 Å². The van der Waals surface area contributed by atoms with Crippen LogP contribution in [0.25, 0.3) is 0 Å². The molecular formula is C10H13NO2. The first-order chi connectivity index (χ1) is 6.11. The Bertz CT molecular complexity index is 321. The van der Waals surface area contributed by atoms with E-state index in [1.54, 1.807) is 12.1 Å². The predicted molar refractivity (Wildman–Crippen MR) is 51.4 cm³/mol. The van der Waals surface area contributed by atoms with E-state index < -0.39 is 0 Å². The fraction of sp³-hybridized carbons (Fsp3) is 0.200. The van der Waals surface area contributed by atoms with Crippen molar-refractivity contribution in [2.24, 2.45) is 5.73 Å². The monoisotopic (exact) mass is 179 g/mol. The summed E-state index contributed by atoms with van der Waals surface area (Å²) in [7, 11) is 0. The Morgan fingerprint density at radius 3 is 2.69 bits per heavy atom. The highest BCUT2D eigenvalue weighted by molar-refractivity contribution is 5.44. The van der Waals surface area contributed by atoms with Crippen molar-refractivity contribution in [3.05, 3.63) is 36.0 Å². The quantitative estimate of drug-likeness (QED) is 0.616. The Labute approximate surface area is 77.1 Å². The number of hydrogen-bond acceptors (Lipinski definition) is 3. The number of phenols is 2. The molecule has 1 aromatic rings. The van der Waals surface area contributed by atoms with Crippen LogP contribution in [0, 0.1) is 0 Å². The van der Waals surface area contributed by atoms with Gasteiger partial charge in [0.15, 0.2) is 11.5 Å². The first-order valence-corrected chi connectivity index (χ1v) is 4.04. The zero-order valence-corrected chi connectivity index (χ0v) is 7.33. The molecule has 0 saturated carbocycles. The Hall–Kier alpha value is -1.64. The molecule has 0 spiro atoms. The predicted octanol–water partition coefficient (Wildman–Crippen LogP) is 1.50. The van der Waals surface area contributed by atoms with E-state index >= 15 is 0 Å². The largest absolute Gasteiger partial charge is 0.504 e. The highest BCUT2D eigenvalue weighted by atomic mass is 16.3. The molecule has 0 aliphatic carbocycles. The van der Waals surface area contributed by atoms with Crippen molar-refractivity contribution < 1.29 is 10.2 Å². The third-order valence-electron chi connectivity index (χ3n) is 1.81. The molecule has 0 amide bonds. The second-order valence-electron chi connectivity index (χ2n) is 2.94. The van der Waals surface area contributed by atoms with Gasteiger partial charge in [-0.25, -0.2) is 0 Å². The van der Waals surface area contributed by atoms with Crippen molar-refractivity contribution in [3.63, 3.8) is 0 Å². The topological polar surface area (TPSA) is 66.5 Å². The van der Waals surface area contributed by atoms with E-state index in [-0.39, 0.29) is 11.5 Å². The minimum atomic E-state index is -0.0971. The number of rotatable bonds is 3. The van der Waals surface area contributed by atoms with Crippen LogP contribution in [0.15, 0.2) is 30.5 Å². The second kappa shape index (κ2) is 3.85. The number of benzene rings is 1. The Morgan fingerprint density at radius 1 is 1.38 bits per heavy atom. The van der Waals surface area contributed by atoms with E-state index in [0.29, 0.717) is 24.1 Å². The molecule has 0 saturated heterocycles. The number of hydrogen-bond donors (Lipinski definition) is 3. The molecule has 4 N–H and O–H groups in total. The summed E-state index contributed by atoms with van der Waals surface area (Å²) in [4.78, 5) is 0. The maximum Gasteiger partial charge on any atom is 0.160 e. The number of aryl methyl sites for hydroxylation is 1. The van der Waals surface area contributed by atoms with Gasteiger partial charge in [0.25, 0.3) is 0 Å². The van der Waals surface area contributed by atoms with Crippen LogP contribution in [0.1, 0.15) is 12.0 Å². The normalized spacial score (nSPS) is 9.85. The van der Waals surface area contributed by atoms with Crippen LogP contribution in [-0.2, 0) is 6.42 Å². The lowest BCUT2D eigenvalue weighted by molar-refractivity contribution is 0.399. The number of allylic oxidation sites excluding steroid dienone is 1. The molecule has 70 valence electrons. The summed E-state index contributed by atoms with van der Waals surface area (Å²) >= 11 is 0. The summed E-state index contributed by atoms with van der Waals surface area (Å²) in [5.41, 5.74) is 6.65. The highest BCUT2D eigenvalue weighted by Crippen LogP contribution is 2.29. The lowest BCUT2D eigenvalue weighted by atomic mass is 10.1.